The minimum absolute atomic E-state index is 0.139. The molecule has 5 nitrogen and oxygen atoms in total. The number of hydrogen-bond acceptors (Lipinski definition) is 4. The predicted octanol–water partition coefficient (Wildman–Crippen LogP) is 3.38. The number of rotatable bonds is 3. The second-order valence-corrected chi connectivity index (χ2v) is 7.27. The predicted molar refractivity (Wildman–Crippen MR) is 106 cm³/mol. The van der Waals surface area contributed by atoms with E-state index in [1.165, 1.54) is 0 Å². The van der Waals surface area contributed by atoms with Crippen LogP contribution in [0, 0.1) is 0 Å². The standard InChI is InChI=1S/C22H23N3O2/c1-22(2,18-9-4-10-19-16(18)8-5-11-24-19)25-21(26)17-7-3-6-15-14-23-12-13-27-20(15)17/h3-11,23H,12-14H2,1-2H3,(H,25,26). The molecule has 2 heterocycles. The van der Waals surface area contributed by atoms with Gasteiger partial charge in [-0.25, -0.2) is 0 Å². The van der Waals surface area contributed by atoms with Crippen molar-refractivity contribution < 1.29 is 9.53 Å². The van der Waals surface area contributed by atoms with E-state index in [0.29, 0.717) is 24.5 Å². The Hall–Kier alpha value is -2.92. The van der Waals surface area contributed by atoms with Gasteiger partial charge in [-0.3, -0.25) is 9.78 Å². The van der Waals surface area contributed by atoms with Crippen molar-refractivity contribution >= 4 is 16.8 Å². The van der Waals surface area contributed by atoms with Gasteiger partial charge < -0.3 is 15.4 Å². The molecule has 27 heavy (non-hydrogen) atoms. The van der Waals surface area contributed by atoms with E-state index >= 15 is 0 Å². The molecule has 0 fully saturated rings. The summed E-state index contributed by atoms with van der Waals surface area (Å²) in [6, 6.07) is 15.7. The van der Waals surface area contributed by atoms with Crippen LogP contribution in [-0.4, -0.2) is 24.0 Å². The fraction of sp³-hybridized carbons (Fsp3) is 0.273. The van der Waals surface area contributed by atoms with E-state index in [9.17, 15) is 4.79 Å². The van der Waals surface area contributed by atoms with Gasteiger partial charge in [-0.1, -0.05) is 30.3 Å². The first-order chi connectivity index (χ1) is 13.1. The minimum Gasteiger partial charge on any atom is -0.491 e. The van der Waals surface area contributed by atoms with Gasteiger partial charge in [0.25, 0.3) is 5.91 Å². The van der Waals surface area contributed by atoms with Crippen molar-refractivity contribution in [3.8, 4) is 5.75 Å². The molecular weight excluding hydrogens is 338 g/mol. The van der Waals surface area contributed by atoms with Crippen LogP contribution in [0.3, 0.4) is 0 Å². The molecule has 0 spiro atoms. The van der Waals surface area contributed by atoms with Gasteiger partial charge in [0.2, 0.25) is 0 Å². The molecule has 1 aliphatic rings. The average Bonchev–Trinajstić information content (AvgIpc) is 2.92. The molecule has 0 aliphatic carbocycles. The molecule has 0 radical (unpaired) electrons. The minimum atomic E-state index is -0.564. The van der Waals surface area contributed by atoms with E-state index in [0.717, 1.165) is 28.6 Å². The fourth-order valence-electron chi connectivity index (χ4n) is 3.59. The van der Waals surface area contributed by atoms with Crippen LogP contribution in [0.5, 0.6) is 5.75 Å². The van der Waals surface area contributed by atoms with Crippen LogP contribution >= 0.6 is 0 Å². The van der Waals surface area contributed by atoms with Crippen molar-refractivity contribution in [2.45, 2.75) is 25.9 Å². The van der Waals surface area contributed by atoms with Crippen molar-refractivity contribution in [1.82, 2.24) is 15.6 Å². The fourth-order valence-corrected chi connectivity index (χ4v) is 3.59. The first-order valence-electron chi connectivity index (χ1n) is 9.18. The third-order valence-electron chi connectivity index (χ3n) is 4.93. The summed E-state index contributed by atoms with van der Waals surface area (Å²) in [7, 11) is 0. The lowest BCUT2D eigenvalue weighted by atomic mass is 9.90. The first kappa shape index (κ1) is 17.5. The molecule has 0 unspecified atom stereocenters. The number of hydrogen-bond donors (Lipinski definition) is 2. The summed E-state index contributed by atoms with van der Waals surface area (Å²) in [5.41, 5.74) is 2.96. The normalized spacial score (nSPS) is 14.1. The summed E-state index contributed by atoms with van der Waals surface area (Å²) in [5.74, 6) is 0.537. The Labute approximate surface area is 158 Å². The van der Waals surface area contributed by atoms with Gasteiger partial charge in [0.05, 0.1) is 16.6 Å². The summed E-state index contributed by atoms with van der Waals surface area (Å²) >= 11 is 0. The summed E-state index contributed by atoms with van der Waals surface area (Å²) in [4.78, 5) is 17.5. The Morgan fingerprint density at radius 2 is 2.00 bits per heavy atom. The largest absolute Gasteiger partial charge is 0.491 e. The number of nitrogens with one attached hydrogen (secondary N) is 2. The van der Waals surface area contributed by atoms with Crippen molar-refractivity contribution in [3.63, 3.8) is 0 Å². The number of amides is 1. The summed E-state index contributed by atoms with van der Waals surface area (Å²) in [6.07, 6.45) is 1.78. The average molecular weight is 361 g/mol. The number of fused-ring (bicyclic) bond motifs is 2. The van der Waals surface area contributed by atoms with Crippen LogP contribution in [0.25, 0.3) is 10.9 Å². The zero-order chi connectivity index (χ0) is 18.9. The van der Waals surface area contributed by atoms with Gasteiger partial charge in [0.15, 0.2) is 0 Å². The highest BCUT2D eigenvalue weighted by Gasteiger charge is 2.27. The highest BCUT2D eigenvalue weighted by Crippen LogP contribution is 2.30. The number of carbonyl (C=O) groups is 1. The van der Waals surface area contributed by atoms with Crippen LogP contribution in [0.15, 0.2) is 54.7 Å². The molecule has 0 atom stereocenters. The third-order valence-corrected chi connectivity index (χ3v) is 4.93. The van der Waals surface area contributed by atoms with Crippen molar-refractivity contribution in [2.24, 2.45) is 0 Å². The van der Waals surface area contributed by atoms with Crippen LogP contribution in [0.2, 0.25) is 0 Å². The molecule has 3 aromatic rings. The van der Waals surface area contributed by atoms with Gasteiger partial charge in [-0.05, 0) is 37.6 Å². The van der Waals surface area contributed by atoms with Crippen molar-refractivity contribution in [1.29, 1.82) is 0 Å². The Morgan fingerprint density at radius 1 is 1.15 bits per heavy atom. The molecule has 0 saturated carbocycles. The molecule has 1 amide bonds. The van der Waals surface area contributed by atoms with Crippen LogP contribution in [-0.2, 0) is 12.1 Å². The van der Waals surface area contributed by atoms with E-state index < -0.39 is 5.54 Å². The van der Waals surface area contributed by atoms with E-state index in [-0.39, 0.29) is 5.91 Å². The number of ether oxygens (including phenoxy) is 1. The molecule has 5 heteroatoms. The number of para-hydroxylation sites is 1. The smallest absolute Gasteiger partial charge is 0.255 e. The highest BCUT2D eigenvalue weighted by atomic mass is 16.5. The van der Waals surface area contributed by atoms with E-state index in [1.807, 2.05) is 62.4 Å². The van der Waals surface area contributed by atoms with Gasteiger partial charge in [0, 0.05) is 30.2 Å². The Balaban J connectivity index is 1.68. The molecular formula is C22H23N3O2. The van der Waals surface area contributed by atoms with Crippen LogP contribution < -0.4 is 15.4 Å². The first-order valence-corrected chi connectivity index (χ1v) is 9.18. The van der Waals surface area contributed by atoms with Crippen LogP contribution in [0.4, 0.5) is 0 Å². The lowest BCUT2D eigenvalue weighted by Crippen LogP contribution is -2.41. The maximum atomic E-state index is 13.1. The maximum Gasteiger partial charge on any atom is 0.255 e. The van der Waals surface area contributed by atoms with Gasteiger partial charge in [-0.15, -0.1) is 0 Å². The molecule has 4 rings (SSSR count). The highest BCUT2D eigenvalue weighted by molar-refractivity contribution is 5.98. The summed E-state index contributed by atoms with van der Waals surface area (Å²) < 4.78 is 5.86. The van der Waals surface area contributed by atoms with Crippen molar-refractivity contribution in [2.75, 3.05) is 13.2 Å². The Morgan fingerprint density at radius 3 is 2.89 bits per heavy atom. The topological polar surface area (TPSA) is 63.2 Å². The molecule has 0 bridgehead atoms. The van der Waals surface area contributed by atoms with Gasteiger partial charge in [0.1, 0.15) is 12.4 Å². The molecule has 1 aliphatic heterocycles. The summed E-state index contributed by atoms with van der Waals surface area (Å²) in [6.45, 7) is 6.04. The molecule has 2 N–H and O–H groups in total. The molecule has 138 valence electrons. The Kier molecular flexibility index (Phi) is 4.54. The number of pyridine rings is 1. The zero-order valence-corrected chi connectivity index (χ0v) is 15.6. The molecule has 0 saturated heterocycles. The quantitative estimate of drug-likeness (QED) is 0.751. The second kappa shape index (κ2) is 7.00. The molecule has 2 aromatic carbocycles. The monoisotopic (exact) mass is 361 g/mol. The van der Waals surface area contributed by atoms with Crippen LogP contribution in [0.1, 0.15) is 35.3 Å². The summed E-state index contributed by atoms with van der Waals surface area (Å²) in [5, 5.41) is 7.52. The van der Waals surface area contributed by atoms with E-state index in [1.54, 1.807) is 6.20 Å². The maximum absolute atomic E-state index is 13.1. The van der Waals surface area contributed by atoms with Crippen molar-refractivity contribution in [3.05, 3.63) is 71.4 Å². The molecule has 1 aromatic heterocycles. The Bertz CT molecular complexity index is 993. The lowest BCUT2D eigenvalue weighted by Gasteiger charge is -2.28. The SMILES string of the molecule is CC(C)(NC(=O)c1cccc2c1OCCNC2)c1cccc2ncccc12. The van der Waals surface area contributed by atoms with Gasteiger partial charge >= 0.3 is 0 Å². The van der Waals surface area contributed by atoms with Gasteiger partial charge in [-0.2, -0.15) is 0 Å². The lowest BCUT2D eigenvalue weighted by molar-refractivity contribution is 0.0908. The zero-order valence-electron chi connectivity index (χ0n) is 15.6. The third kappa shape index (κ3) is 3.38. The van der Waals surface area contributed by atoms with E-state index in [2.05, 4.69) is 15.6 Å². The number of nitrogens with zero attached hydrogens (tertiary/aromatic N) is 1. The second-order valence-electron chi connectivity index (χ2n) is 7.27. The number of carbonyl (C=O) groups excluding carboxylic acids is 1. The number of benzene rings is 2. The van der Waals surface area contributed by atoms with E-state index in [4.69, 9.17) is 4.74 Å². The number of aromatic nitrogens is 1.